The lowest BCUT2D eigenvalue weighted by atomic mass is 9.94. The number of carbonyl (C=O) groups is 5. The van der Waals surface area contributed by atoms with Gasteiger partial charge in [0.05, 0.1) is 11.6 Å². The van der Waals surface area contributed by atoms with Crippen LogP contribution in [-0.2, 0) is 25.6 Å². The molecule has 1 unspecified atom stereocenters. The van der Waals surface area contributed by atoms with E-state index >= 15 is 0 Å². The van der Waals surface area contributed by atoms with Crippen molar-refractivity contribution < 1.29 is 45.9 Å². The SMILES string of the molecule is CC(C)[C@H](NC(=O)[C@@H](NC(=O)C(Cc1cccc(Cl)c1)NC(=O)c1cncnc1)c1ccccc1)C(=O)C(F)(F)C(=O)NCC(F)(F)F. The number of aromatic nitrogens is 2. The highest BCUT2D eigenvalue weighted by Crippen LogP contribution is 2.23. The number of nitrogens with one attached hydrogen (secondary N) is 4. The molecule has 3 rings (SSSR count). The summed E-state index contributed by atoms with van der Waals surface area (Å²) in [6, 6.07) is 8.76. The predicted molar refractivity (Wildman–Crippen MR) is 162 cm³/mol. The number of benzene rings is 2. The van der Waals surface area contributed by atoms with Crippen molar-refractivity contribution in [3.05, 3.63) is 95.0 Å². The smallest absolute Gasteiger partial charge is 0.344 e. The van der Waals surface area contributed by atoms with Crippen LogP contribution in [0.4, 0.5) is 22.0 Å². The Morgan fingerprint density at radius 3 is 2.06 bits per heavy atom. The van der Waals surface area contributed by atoms with Crippen LogP contribution in [0.3, 0.4) is 0 Å². The molecule has 0 aliphatic rings. The van der Waals surface area contributed by atoms with Gasteiger partial charge in [0.15, 0.2) is 0 Å². The number of ketones is 1. The number of Topliss-reactive ketones (excluding diaryl/α,β-unsaturated/α-hetero) is 1. The van der Waals surface area contributed by atoms with Gasteiger partial charge in [-0.25, -0.2) is 9.97 Å². The van der Waals surface area contributed by atoms with Gasteiger partial charge >= 0.3 is 12.1 Å². The average molecular weight is 697 g/mol. The topological polar surface area (TPSA) is 159 Å². The fourth-order valence-electron chi connectivity index (χ4n) is 4.33. The van der Waals surface area contributed by atoms with E-state index in [1.807, 2.05) is 0 Å². The van der Waals surface area contributed by atoms with Crippen molar-refractivity contribution in [2.75, 3.05) is 6.54 Å². The zero-order valence-corrected chi connectivity index (χ0v) is 26.1. The normalized spacial score (nSPS) is 13.5. The number of carbonyl (C=O) groups excluding carboxylic acids is 5. The van der Waals surface area contributed by atoms with Crippen LogP contribution in [0.1, 0.15) is 41.4 Å². The molecule has 0 radical (unpaired) electrons. The van der Waals surface area contributed by atoms with E-state index in [1.165, 1.54) is 56.8 Å². The Morgan fingerprint density at radius 1 is 0.833 bits per heavy atom. The molecule has 3 atom stereocenters. The van der Waals surface area contributed by atoms with E-state index in [-0.39, 0.29) is 17.5 Å². The highest BCUT2D eigenvalue weighted by Gasteiger charge is 2.52. The van der Waals surface area contributed by atoms with Gasteiger partial charge in [0.1, 0.15) is 25.0 Å². The molecule has 256 valence electrons. The van der Waals surface area contributed by atoms with Gasteiger partial charge in [-0.05, 0) is 29.2 Å². The van der Waals surface area contributed by atoms with Crippen LogP contribution in [0.15, 0.2) is 73.3 Å². The van der Waals surface area contributed by atoms with E-state index < -0.39 is 72.1 Å². The van der Waals surface area contributed by atoms with E-state index in [1.54, 1.807) is 30.3 Å². The fourth-order valence-corrected chi connectivity index (χ4v) is 4.54. The molecule has 1 aromatic heterocycles. The van der Waals surface area contributed by atoms with Crippen LogP contribution in [0.5, 0.6) is 0 Å². The van der Waals surface area contributed by atoms with E-state index in [9.17, 15) is 45.9 Å². The number of rotatable bonds is 14. The van der Waals surface area contributed by atoms with Crippen molar-refractivity contribution in [1.82, 2.24) is 31.2 Å². The molecule has 48 heavy (non-hydrogen) atoms. The van der Waals surface area contributed by atoms with Crippen molar-refractivity contribution in [3.8, 4) is 0 Å². The van der Waals surface area contributed by atoms with E-state index in [0.717, 1.165) is 5.32 Å². The number of hydrogen-bond acceptors (Lipinski definition) is 7. The third-order valence-electron chi connectivity index (χ3n) is 6.75. The first kappa shape index (κ1) is 37.5. The third-order valence-corrected chi connectivity index (χ3v) is 6.98. The van der Waals surface area contributed by atoms with Crippen molar-refractivity contribution in [3.63, 3.8) is 0 Å². The lowest BCUT2D eigenvalue weighted by Crippen LogP contribution is -2.58. The summed E-state index contributed by atoms with van der Waals surface area (Å²) in [5, 5.41) is 8.44. The summed E-state index contributed by atoms with van der Waals surface area (Å²) in [5.41, 5.74) is 0.666. The minimum absolute atomic E-state index is 0.0113. The molecular formula is C31H30ClF5N6O5. The second kappa shape index (κ2) is 16.2. The number of alkyl halides is 5. The fraction of sp³-hybridized carbons (Fsp3) is 0.323. The Bertz CT molecular complexity index is 1610. The molecule has 3 aromatic rings. The molecule has 0 bridgehead atoms. The largest absolute Gasteiger partial charge is 0.405 e. The molecule has 4 amide bonds. The van der Waals surface area contributed by atoms with E-state index in [4.69, 9.17) is 11.6 Å². The first-order valence-corrected chi connectivity index (χ1v) is 14.6. The monoisotopic (exact) mass is 696 g/mol. The van der Waals surface area contributed by atoms with Gasteiger partial charge in [-0.1, -0.05) is 67.9 Å². The third kappa shape index (κ3) is 10.5. The Kier molecular flexibility index (Phi) is 12.7. The lowest BCUT2D eigenvalue weighted by molar-refractivity contribution is -0.165. The van der Waals surface area contributed by atoms with E-state index in [0.29, 0.717) is 10.6 Å². The molecule has 0 fully saturated rings. The van der Waals surface area contributed by atoms with Crippen LogP contribution in [0, 0.1) is 5.92 Å². The van der Waals surface area contributed by atoms with Crippen molar-refractivity contribution in [1.29, 1.82) is 0 Å². The van der Waals surface area contributed by atoms with Gasteiger partial charge in [0.2, 0.25) is 17.6 Å². The van der Waals surface area contributed by atoms with Crippen molar-refractivity contribution in [2.24, 2.45) is 5.92 Å². The molecule has 0 spiro atoms. The zero-order chi connectivity index (χ0) is 35.6. The van der Waals surface area contributed by atoms with Crippen molar-refractivity contribution >= 4 is 41.0 Å². The number of hydrogen-bond donors (Lipinski definition) is 4. The Labute approximate surface area is 276 Å². The van der Waals surface area contributed by atoms with Gasteiger partial charge in [-0.2, -0.15) is 22.0 Å². The maximum absolute atomic E-state index is 14.8. The maximum atomic E-state index is 14.8. The Balaban J connectivity index is 1.90. The standard InChI is InChI=1S/C31H30ClF5N6O5/c1-17(2)23(25(44)31(36,37)29(48)40-15-30(33,34)35)42-28(47)24(19-8-4-3-5-9-19)43-27(46)22(12-18-7-6-10-21(32)11-18)41-26(45)20-13-38-16-39-14-20/h3-11,13-14,16-17,22-24H,12,15H2,1-2H3,(H,40,48)(H,41,45)(H,42,47)(H,43,46)/t22?,23-,24-/m0/s1. The lowest BCUT2D eigenvalue weighted by Gasteiger charge is -2.28. The molecule has 0 saturated heterocycles. The quantitative estimate of drug-likeness (QED) is 0.149. The van der Waals surface area contributed by atoms with Crippen molar-refractivity contribution in [2.45, 2.75) is 50.5 Å². The summed E-state index contributed by atoms with van der Waals surface area (Å²) in [6.45, 7) is 0.401. The van der Waals surface area contributed by atoms with Crippen LogP contribution < -0.4 is 21.3 Å². The first-order valence-electron chi connectivity index (χ1n) is 14.2. The van der Waals surface area contributed by atoms with Crippen LogP contribution in [0.25, 0.3) is 0 Å². The van der Waals surface area contributed by atoms with Gasteiger partial charge in [0.25, 0.3) is 11.8 Å². The second-order valence-corrected chi connectivity index (χ2v) is 11.2. The Morgan fingerprint density at radius 2 is 1.48 bits per heavy atom. The predicted octanol–water partition coefficient (Wildman–Crippen LogP) is 3.35. The summed E-state index contributed by atoms with van der Waals surface area (Å²) in [5.74, 6) is -13.5. The molecular weight excluding hydrogens is 667 g/mol. The van der Waals surface area contributed by atoms with Crippen LogP contribution in [0.2, 0.25) is 5.02 Å². The summed E-state index contributed by atoms with van der Waals surface area (Å²) in [7, 11) is 0. The molecule has 0 saturated carbocycles. The summed E-state index contributed by atoms with van der Waals surface area (Å²) in [6.07, 6.45) is -1.55. The summed E-state index contributed by atoms with van der Waals surface area (Å²) >= 11 is 6.09. The molecule has 0 aliphatic carbocycles. The van der Waals surface area contributed by atoms with Gasteiger partial charge in [-0.3, -0.25) is 24.0 Å². The zero-order valence-electron chi connectivity index (χ0n) is 25.4. The minimum atomic E-state index is -5.03. The van der Waals surface area contributed by atoms with Crippen LogP contribution in [-0.4, -0.2) is 70.1 Å². The van der Waals surface area contributed by atoms with Gasteiger partial charge < -0.3 is 21.3 Å². The first-order chi connectivity index (χ1) is 22.5. The van der Waals surface area contributed by atoms with Gasteiger partial charge in [-0.15, -0.1) is 0 Å². The highest BCUT2D eigenvalue weighted by atomic mass is 35.5. The summed E-state index contributed by atoms with van der Waals surface area (Å²) in [4.78, 5) is 72.6. The molecule has 0 aliphatic heterocycles. The number of nitrogens with zero attached hydrogens (tertiary/aromatic N) is 2. The molecule has 11 nitrogen and oxygen atoms in total. The molecule has 17 heteroatoms. The second-order valence-electron chi connectivity index (χ2n) is 10.8. The number of amides is 4. The average Bonchev–Trinajstić information content (AvgIpc) is 3.04. The minimum Gasteiger partial charge on any atom is -0.344 e. The molecule has 1 heterocycles. The number of halogens is 6. The Hall–Kier alpha value is -4.99. The molecule has 2 aromatic carbocycles. The van der Waals surface area contributed by atoms with Gasteiger partial charge in [0, 0.05) is 23.8 Å². The highest BCUT2D eigenvalue weighted by molar-refractivity contribution is 6.30. The molecule has 4 N–H and O–H groups in total. The van der Waals surface area contributed by atoms with E-state index in [2.05, 4.69) is 25.9 Å². The van der Waals surface area contributed by atoms with Crippen LogP contribution >= 0.6 is 11.6 Å². The maximum Gasteiger partial charge on any atom is 0.405 e. The summed E-state index contributed by atoms with van der Waals surface area (Å²) < 4.78 is 67.1.